The van der Waals surface area contributed by atoms with Gasteiger partial charge in [-0.2, -0.15) is 0 Å². The number of nitrogens with one attached hydrogen (secondary N) is 1. The van der Waals surface area contributed by atoms with Gasteiger partial charge in [-0.05, 0) is 32.1 Å². The first-order valence-corrected chi connectivity index (χ1v) is 8.09. The summed E-state index contributed by atoms with van der Waals surface area (Å²) in [7, 11) is 4.14. The van der Waals surface area contributed by atoms with Gasteiger partial charge in [0.2, 0.25) is 0 Å². The molecule has 1 aromatic heterocycles. The topological polar surface area (TPSA) is 48.5 Å². The van der Waals surface area contributed by atoms with Crippen molar-refractivity contribution in [3.63, 3.8) is 0 Å². The third-order valence-electron chi connectivity index (χ3n) is 4.61. The first kappa shape index (κ1) is 15.5. The lowest BCUT2D eigenvalue weighted by molar-refractivity contribution is -0.0236. The third kappa shape index (κ3) is 2.78. The zero-order chi connectivity index (χ0) is 15.7. The van der Waals surface area contributed by atoms with Crippen LogP contribution in [-0.2, 0) is 4.74 Å². The largest absolute Gasteiger partial charge is 0.396 e. The van der Waals surface area contributed by atoms with Crippen molar-refractivity contribution < 1.29 is 9.84 Å². The van der Waals surface area contributed by atoms with Gasteiger partial charge in [0.15, 0.2) is 0 Å². The highest BCUT2D eigenvalue weighted by Crippen LogP contribution is 2.42. The first-order chi connectivity index (χ1) is 10.6. The summed E-state index contributed by atoms with van der Waals surface area (Å²) in [5.74, 6) is 0.691. The van der Waals surface area contributed by atoms with Crippen LogP contribution in [0.3, 0.4) is 0 Å². The van der Waals surface area contributed by atoms with Crippen LogP contribution in [-0.4, -0.2) is 48.8 Å². The molecule has 3 atom stereocenters. The van der Waals surface area contributed by atoms with E-state index in [-0.39, 0.29) is 12.7 Å². The molecule has 3 rings (SSSR count). The normalized spacial score (nSPS) is 23.0. The average Bonchev–Trinajstić information content (AvgIpc) is 2.87. The number of fused-ring (bicyclic) bond motifs is 3. The lowest BCUT2D eigenvalue weighted by atomic mass is 9.87. The van der Waals surface area contributed by atoms with Gasteiger partial charge in [-0.3, -0.25) is 0 Å². The summed E-state index contributed by atoms with van der Waals surface area (Å²) in [5.41, 5.74) is 3.79. The van der Waals surface area contributed by atoms with Crippen LogP contribution in [0.5, 0.6) is 0 Å². The van der Waals surface area contributed by atoms with Crippen LogP contribution < -0.4 is 0 Å². The highest BCUT2D eigenvalue weighted by Gasteiger charge is 2.34. The molecule has 0 spiro atoms. The molecule has 120 valence electrons. The molecule has 4 heteroatoms. The number of hydrogen-bond donors (Lipinski definition) is 2. The highest BCUT2D eigenvalue weighted by molar-refractivity contribution is 5.85. The molecule has 3 unspecified atom stereocenters. The van der Waals surface area contributed by atoms with Gasteiger partial charge >= 0.3 is 0 Å². The van der Waals surface area contributed by atoms with Crippen LogP contribution in [0.1, 0.15) is 36.6 Å². The minimum Gasteiger partial charge on any atom is -0.396 e. The molecule has 1 aromatic carbocycles. The Kier molecular flexibility index (Phi) is 4.52. The summed E-state index contributed by atoms with van der Waals surface area (Å²) in [6.07, 6.45) is 0.791. The van der Waals surface area contributed by atoms with E-state index in [4.69, 9.17) is 4.74 Å². The van der Waals surface area contributed by atoms with E-state index in [1.54, 1.807) is 0 Å². The predicted octanol–water partition coefficient (Wildman–Crippen LogP) is 2.90. The maximum atomic E-state index is 9.44. The fourth-order valence-electron chi connectivity index (χ4n) is 3.70. The molecule has 4 nitrogen and oxygen atoms in total. The first-order valence-electron chi connectivity index (χ1n) is 8.09. The Bertz CT molecular complexity index is 635. The smallest absolute Gasteiger partial charge is 0.102 e. The van der Waals surface area contributed by atoms with Gasteiger partial charge in [0.05, 0.1) is 6.61 Å². The van der Waals surface area contributed by atoms with E-state index in [0.29, 0.717) is 11.8 Å². The molecule has 0 fully saturated rings. The van der Waals surface area contributed by atoms with E-state index < -0.39 is 0 Å². The molecule has 0 saturated heterocycles. The number of ether oxygens (including phenoxy) is 1. The summed E-state index contributed by atoms with van der Waals surface area (Å²) >= 11 is 0. The Balaban J connectivity index is 2.03. The molecule has 22 heavy (non-hydrogen) atoms. The number of rotatable bonds is 5. The van der Waals surface area contributed by atoms with Gasteiger partial charge in [-0.1, -0.05) is 25.1 Å². The van der Waals surface area contributed by atoms with Gasteiger partial charge in [0.25, 0.3) is 0 Å². The van der Waals surface area contributed by atoms with Crippen molar-refractivity contribution in [3.05, 3.63) is 35.5 Å². The second-order valence-corrected chi connectivity index (χ2v) is 6.69. The van der Waals surface area contributed by atoms with E-state index in [0.717, 1.165) is 19.6 Å². The van der Waals surface area contributed by atoms with Gasteiger partial charge in [-0.15, -0.1) is 0 Å². The number of H-pyrrole nitrogens is 1. The average molecular weight is 302 g/mol. The maximum absolute atomic E-state index is 9.44. The molecular weight excluding hydrogens is 276 g/mol. The Morgan fingerprint density at radius 3 is 2.86 bits per heavy atom. The fourth-order valence-corrected chi connectivity index (χ4v) is 3.70. The van der Waals surface area contributed by atoms with Crippen molar-refractivity contribution in [2.75, 3.05) is 33.9 Å². The maximum Gasteiger partial charge on any atom is 0.102 e. The number of aliphatic hydroxyl groups is 1. The number of benzene rings is 1. The third-order valence-corrected chi connectivity index (χ3v) is 4.61. The number of aliphatic hydroxyl groups excluding tert-OH is 1. The predicted molar refractivity (Wildman–Crippen MR) is 89.2 cm³/mol. The van der Waals surface area contributed by atoms with E-state index in [1.807, 2.05) is 0 Å². The Morgan fingerprint density at radius 2 is 2.14 bits per heavy atom. The number of aromatic amines is 1. The van der Waals surface area contributed by atoms with Crippen molar-refractivity contribution in [2.45, 2.75) is 25.4 Å². The summed E-state index contributed by atoms with van der Waals surface area (Å²) in [4.78, 5) is 5.75. The van der Waals surface area contributed by atoms with Crippen LogP contribution in [0.15, 0.2) is 24.3 Å². The number of nitrogens with zero attached hydrogens (tertiary/aromatic N) is 1. The molecule has 0 bridgehead atoms. The molecule has 0 amide bonds. The molecule has 1 aliphatic heterocycles. The zero-order valence-electron chi connectivity index (χ0n) is 13.7. The van der Waals surface area contributed by atoms with Crippen molar-refractivity contribution in [1.29, 1.82) is 0 Å². The molecule has 0 radical (unpaired) electrons. The van der Waals surface area contributed by atoms with Gasteiger partial charge in [0.1, 0.15) is 6.10 Å². The molecule has 2 aromatic rings. The monoisotopic (exact) mass is 302 g/mol. The van der Waals surface area contributed by atoms with Crippen LogP contribution in [0.25, 0.3) is 10.9 Å². The second kappa shape index (κ2) is 6.41. The van der Waals surface area contributed by atoms with E-state index in [9.17, 15) is 5.11 Å². The molecule has 2 heterocycles. The molecule has 0 aliphatic carbocycles. The van der Waals surface area contributed by atoms with Gasteiger partial charge < -0.3 is 19.7 Å². The Morgan fingerprint density at radius 1 is 1.36 bits per heavy atom. The highest BCUT2D eigenvalue weighted by atomic mass is 16.5. The van der Waals surface area contributed by atoms with Crippen molar-refractivity contribution in [2.24, 2.45) is 5.92 Å². The molecule has 0 saturated carbocycles. The number of aromatic nitrogens is 1. The molecular formula is C18H26N2O2. The lowest BCUT2D eigenvalue weighted by Crippen LogP contribution is -2.32. The minimum atomic E-state index is 0.0353. The number of hydrogen-bond acceptors (Lipinski definition) is 3. The summed E-state index contributed by atoms with van der Waals surface area (Å²) in [5, 5.41) is 10.7. The number of para-hydroxylation sites is 1. The molecule has 1 aliphatic rings. The van der Waals surface area contributed by atoms with E-state index >= 15 is 0 Å². The van der Waals surface area contributed by atoms with Crippen LogP contribution in [0.4, 0.5) is 0 Å². The van der Waals surface area contributed by atoms with E-state index in [2.05, 4.69) is 55.2 Å². The van der Waals surface area contributed by atoms with Gasteiger partial charge in [-0.25, -0.2) is 0 Å². The summed E-state index contributed by atoms with van der Waals surface area (Å²) < 4.78 is 6.19. The summed E-state index contributed by atoms with van der Waals surface area (Å²) in [6, 6.07) is 8.48. The quantitative estimate of drug-likeness (QED) is 0.893. The Hall–Kier alpha value is -1.36. The minimum absolute atomic E-state index is 0.0353. The lowest BCUT2D eigenvalue weighted by Gasteiger charge is -2.34. The Labute approximate surface area is 132 Å². The van der Waals surface area contributed by atoms with Crippen molar-refractivity contribution >= 4 is 10.9 Å². The van der Waals surface area contributed by atoms with Crippen molar-refractivity contribution in [3.8, 4) is 0 Å². The molecule has 2 N–H and O–H groups in total. The van der Waals surface area contributed by atoms with Crippen LogP contribution in [0.2, 0.25) is 0 Å². The van der Waals surface area contributed by atoms with Crippen LogP contribution >= 0.6 is 0 Å². The van der Waals surface area contributed by atoms with Gasteiger partial charge in [0, 0.05) is 41.6 Å². The van der Waals surface area contributed by atoms with Crippen LogP contribution in [0, 0.1) is 5.92 Å². The summed E-state index contributed by atoms with van der Waals surface area (Å²) in [6.45, 7) is 4.08. The second-order valence-electron chi connectivity index (χ2n) is 6.69. The van der Waals surface area contributed by atoms with E-state index in [1.165, 1.54) is 22.2 Å². The standard InChI is InChI=1S/C18H26N2O2/c1-12-11-22-18(13(8-9-21)10-20(2)3)17-16(12)14-6-4-5-7-15(14)19-17/h4-7,12-13,18-19,21H,8-11H2,1-3H3. The zero-order valence-corrected chi connectivity index (χ0v) is 13.7. The SMILES string of the molecule is CC1COC(C(CCO)CN(C)C)c2[nH]c3ccccc3c21. The fraction of sp³-hybridized carbons (Fsp3) is 0.556. The van der Waals surface area contributed by atoms with Crippen molar-refractivity contribution in [1.82, 2.24) is 9.88 Å².